The first-order chi connectivity index (χ1) is 9.70. The molecule has 0 unspecified atom stereocenters. The van der Waals surface area contributed by atoms with Crippen LogP contribution < -0.4 is 10.1 Å². The molecule has 4 nitrogen and oxygen atoms in total. The summed E-state index contributed by atoms with van der Waals surface area (Å²) < 4.78 is 5.37. The van der Waals surface area contributed by atoms with E-state index < -0.39 is 0 Å². The Morgan fingerprint density at radius 1 is 1.15 bits per heavy atom. The van der Waals surface area contributed by atoms with E-state index in [1.54, 1.807) is 6.07 Å². The maximum Gasteiger partial charge on any atom is 0.162 e. The molecule has 2 aromatic rings. The number of aromatic hydroxyl groups is 1. The van der Waals surface area contributed by atoms with E-state index in [-0.39, 0.29) is 5.75 Å². The molecule has 0 amide bonds. The van der Waals surface area contributed by atoms with Gasteiger partial charge >= 0.3 is 0 Å². The zero-order chi connectivity index (χ0) is 14.4. The number of hydrogen-bond acceptors (Lipinski definition) is 4. The van der Waals surface area contributed by atoms with E-state index in [0.717, 1.165) is 17.0 Å². The van der Waals surface area contributed by atoms with Crippen LogP contribution >= 0.6 is 0 Å². The summed E-state index contributed by atoms with van der Waals surface area (Å²) in [6.07, 6.45) is 0. The zero-order valence-electron chi connectivity index (χ0n) is 11.9. The molecular formula is C16H20N2O2. The third-order valence-electron chi connectivity index (χ3n) is 2.95. The Morgan fingerprint density at radius 2 is 1.95 bits per heavy atom. The molecule has 1 heterocycles. The van der Waals surface area contributed by atoms with Crippen LogP contribution in [-0.4, -0.2) is 16.7 Å². The summed E-state index contributed by atoms with van der Waals surface area (Å²) in [7, 11) is 0. The summed E-state index contributed by atoms with van der Waals surface area (Å²) in [6, 6.07) is 11.5. The van der Waals surface area contributed by atoms with Crippen molar-refractivity contribution in [1.29, 1.82) is 0 Å². The molecule has 2 N–H and O–H groups in total. The highest BCUT2D eigenvalue weighted by atomic mass is 16.5. The maximum atomic E-state index is 10.1. The van der Waals surface area contributed by atoms with Crippen molar-refractivity contribution in [3.63, 3.8) is 0 Å². The summed E-state index contributed by atoms with van der Waals surface area (Å²) >= 11 is 0. The predicted octanol–water partition coefficient (Wildman–Crippen LogP) is 2.78. The van der Waals surface area contributed by atoms with Crippen LogP contribution in [0.4, 0.5) is 0 Å². The summed E-state index contributed by atoms with van der Waals surface area (Å²) in [6.45, 7) is 5.65. The molecule has 0 saturated carbocycles. The molecule has 0 bridgehead atoms. The van der Waals surface area contributed by atoms with Gasteiger partial charge in [0.15, 0.2) is 11.5 Å². The van der Waals surface area contributed by atoms with E-state index in [1.165, 1.54) is 0 Å². The van der Waals surface area contributed by atoms with Crippen molar-refractivity contribution in [3.05, 3.63) is 53.3 Å². The highest BCUT2D eigenvalue weighted by molar-refractivity contribution is 5.45. The number of phenolic OH excluding ortho intramolecular Hbond substituents is 1. The highest BCUT2D eigenvalue weighted by Gasteiger charge is 2.07. The van der Waals surface area contributed by atoms with Crippen LogP contribution in [0.25, 0.3) is 0 Å². The monoisotopic (exact) mass is 272 g/mol. The van der Waals surface area contributed by atoms with Crippen LogP contribution in [0.3, 0.4) is 0 Å². The largest absolute Gasteiger partial charge is 0.504 e. The zero-order valence-corrected chi connectivity index (χ0v) is 11.9. The van der Waals surface area contributed by atoms with Crippen molar-refractivity contribution in [2.75, 3.05) is 6.61 Å². The standard InChI is InChI=1S/C16H20N2O2/c1-3-20-15-9-5-7-13(16(15)19)10-17-11-14-8-4-6-12(2)18-14/h4-9,17,19H,3,10-11H2,1-2H3. The Hall–Kier alpha value is -2.07. The van der Waals surface area contributed by atoms with Crippen molar-refractivity contribution >= 4 is 0 Å². The van der Waals surface area contributed by atoms with Gasteiger partial charge in [0.2, 0.25) is 0 Å². The van der Waals surface area contributed by atoms with Gasteiger partial charge in [0.1, 0.15) is 0 Å². The van der Waals surface area contributed by atoms with E-state index in [9.17, 15) is 5.11 Å². The molecule has 0 atom stereocenters. The average molecular weight is 272 g/mol. The highest BCUT2D eigenvalue weighted by Crippen LogP contribution is 2.29. The topological polar surface area (TPSA) is 54.4 Å². The van der Waals surface area contributed by atoms with Crippen molar-refractivity contribution in [2.24, 2.45) is 0 Å². The first-order valence-corrected chi connectivity index (χ1v) is 6.77. The minimum absolute atomic E-state index is 0.207. The Balaban J connectivity index is 1.96. The van der Waals surface area contributed by atoms with Gasteiger partial charge in [-0.3, -0.25) is 4.98 Å². The van der Waals surface area contributed by atoms with E-state index >= 15 is 0 Å². The van der Waals surface area contributed by atoms with Gasteiger partial charge in [0, 0.05) is 24.3 Å². The van der Waals surface area contributed by atoms with Crippen molar-refractivity contribution in [2.45, 2.75) is 26.9 Å². The fourth-order valence-electron chi connectivity index (χ4n) is 2.01. The normalized spacial score (nSPS) is 10.5. The molecule has 0 aliphatic rings. The molecule has 0 aliphatic heterocycles. The molecule has 1 aromatic carbocycles. The van der Waals surface area contributed by atoms with E-state index in [1.807, 2.05) is 44.2 Å². The smallest absolute Gasteiger partial charge is 0.162 e. The molecule has 106 valence electrons. The Labute approximate surface area is 119 Å². The fraction of sp³-hybridized carbons (Fsp3) is 0.312. The average Bonchev–Trinajstić information content (AvgIpc) is 2.43. The molecule has 4 heteroatoms. The summed E-state index contributed by atoms with van der Waals surface area (Å²) in [5, 5.41) is 13.4. The second kappa shape index (κ2) is 6.91. The molecule has 1 aromatic heterocycles. The lowest BCUT2D eigenvalue weighted by Crippen LogP contribution is -2.14. The fourth-order valence-corrected chi connectivity index (χ4v) is 2.01. The summed E-state index contributed by atoms with van der Waals surface area (Å²) in [4.78, 5) is 4.42. The van der Waals surface area contributed by atoms with Gasteiger partial charge in [-0.05, 0) is 32.0 Å². The SMILES string of the molecule is CCOc1cccc(CNCc2cccc(C)n2)c1O. The number of aromatic nitrogens is 1. The van der Waals surface area contributed by atoms with Crippen molar-refractivity contribution < 1.29 is 9.84 Å². The lowest BCUT2D eigenvalue weighted by Gasteiger charge is -2.11. The van der Waals surface area contributed by atoms with Crippen molar-refractivity contribution in [3.8, 4) is 11.5 Å². The first kappa shape index (κ1) is 14.3. The van der Waals surface area contributed by atoms with Gasteiger partial charge in [0.25, 0.3) is 0 Å². The number of pyridine rings is 1. The van der Waals surface area contributed by atoms with Gasteiger partial charge in [0.05, 0.1) is 12.3 Å². The second-order valence-electron chi connectivity index (χ2n) is 4.57. The maximum absolute atomic E-state index is 10.1. The molecular weight excluding hydrogens is 252 g/mol. The van der Waals surface area contributed by atoms with Crippen LogP contribution in [0.2, 0.25) is 0 Å². The van der Waals surface area contributed by atoms with Gasteiger partial charge < -0.3 is 15.2 Å². The second-order valence-corrected chi connectivity index (χ2v) is 4.57. The summed E-state index contributed by atoms with van der Waals surface area (Å²) in [5.74, 6) is 0.736. The number of ether oxygens (including phenoxy) is 1. The molecule has 20 heavy (non-hydrogen) atoms. The van der Waals surface area contributed by atoms with Gasteiger partial charge in [-0.15, -0.1) is 0 Å². The van der Waals surface area contributed by atoms with E-state index in [0.29, 0.717) is 25.4 Å². The third kappa shape index (κ3) is 3.71. The Kier molecular flexibility index (Phi) is 4.96. The third-order valence-corrected chi connectivity index (χ3v) is 2.95. The van der Waals surface area contributed by atoms with Crippen LogP contribution in [0, 0.1) is 6.92 Å². The lowest BCUT2D eigenvalue weighted by atomic mass is 10.2. The van der Waals surface area contributed by atoms with Crippen LogP contribution in [0.5, 0.6) is 11.5 Å². The minimum atomic E-state index is 0.207. The number of rotatable bonds is 6. The number of para-hydroxylation sites is 1. The molecule has 0 fully saturated rings. The minimum Gasteiger partial charge on any atom is -0.504 e. The van der Waals surface area contributed by atoms with Gasteiger partial charge in [-0.1, -0.05) is 18.2 Å². The van der Waals surface area contributed by atoms with Gasteiger partial charge in [-0.25, -0.2) is 0 Å². The van der Waals surface area contributed by atoms with Gasteiger partial charge in [-0.2, -0.15) is 0 Å². The molecule has 0 saturated heterocycles. The first-order valence-electron chi connectivity index (χ1n) is 6.77. The lowest BCUT2D eigenvalue weighted by molar-refractivity contribution is 0.316. The number of aryl methyl sites for hydroxylation is 1. The molecule has 0 radical (unpaired) electrons. The summed E-state index contributed by atoms with van der Waals surface area (Å²) in [5.41, 5.74) is 2.82. The Bertz CT molecular complexity index is 570. The van der Waals surface area contributed by atoms with Crippen LogP contribution in [-0.2, 0) is 13.1 Å². The van der Waals surface area contributed by atoms with Crippen molar-refractivity contribution in [1.82, 2.24) is 10.3 Å². The Morgan fingerprint density at radius 3 is 2.70 bits per heavy atom. The molecule has 0 spiro atoms. The number of hydrogen-bond donors (Lipinski definition) is 2. The predicted molar refractivity (Wildman–Crippen MR) is 78.8 cm³/mol. The number of benzene rings is 1. The van der Waals surface area contributed by atoms with Crippen LogP contribution in [0.15, 0.2) is 36.4 Å². The van der Waals surface area contributed by atoms with Crippen LogP contribution in [0.1, 0.15) is 23.9 Å². The quantitative estimate of drug-likeness (QED) is 0.849. The molecule has 2 rings (SSSR count). The van der Waals surface area contributed by atoms with E-state index in [4.69, 9.17) is 4.74 Å². The molecule has 0 aliphatic carbocycles. The van der Waals surface area contributed by atoms with E-state index in [2.05, 4.69) is 10.3 Å². The number of nitrogens with one attached hydrogen (secondary N) is 1. The number of nitrogens with zero attached hydrogens (tertiary/aromatic N) is 1. The number of phenols is 1.